The second kappa shape index (κ2) is 6.96. The fourth-order valence-electron chi connectivity index (χ4n) is 2.32. The Bertz CT molecular complexity index is 421. The molecule has 0 saturated heterocycles. The molecule has 0 aliphatic rings. The van der Waals surface area contributed by atoms with Crippen molar-refractivity contribution in [2.45, 2.75) is 39.8 Å². The Morgan fingerprint density at radius 3 is 2.32 bits per heavy atom. The van der Waals surface area contributed by atoms with E-state index in [-0.39, 0.29) is 18.1 Å². The van der Waals surface area contributed by atoms with E-state index in [4.69, 9.17) is 4.74 Å². The summed E-state index contributed by atoms with van der Waals surface area (Å²) >= 11 is 0. The Labute approximate surface area is 114 Å². The van der Waals surface area contributed by atoms with E-state index >= 15 is 0 Å². The molecule has 1 aromatic carbocycles. The van der Waals surface area contributed by atoms with Gasteiger partial charge in [0.15, 0.2) is 11.6 Å². The van der Waals surface area contributed by atoms with Crippen molar-refractivity contribution in [2.24, 2.45) is 5.92 Å². The predicted molar refractivity (Wildman–Crippen MR) is 73.1 cm³/mol. The molecule has 1 rings (SSSR count). The molecule has 0 fully saturated rings. The Balaban J connectivity index is 3.22. The van der Waals surface area contributed by atoms with E-state index in [0.717, 1.165) is 0 Å². The van der Waals surface area contributed by atoms with Crippen LogP contribution in [-0.2, 0) is 4.74 Å². The van der Waals surface area contributed by atoms with Gasteiger partial charge in [0, 0.05) is 12.7 Å². The van der Waals surface area contributed by atoms with Gasteiger partial charge in [-0.1, -0.05) is 32.9 Å². The zero-order valence-corrected chi connectivity index (χ0v) is 12.3. The lowest BCUT2D eigenvalue weighted by Gasteiger charge is -2.30. The number of benzene rings is 1. The smallest absolute Gasteiger partial charge is 0.163 e. The fourth-order valence-corrected chi connectivity index (χ4v) is 2.32. The van der Waals surface area contributed by atoms with Crippen LogP contribution in [0.3, 0.4) is 0 Å². The van der Waals surface area contributed by atoms with Crippen molar-refractivity contribution < 1.29 is 13.5 Å². The minimum Gasteiger partial charge on any atom is -0.379 e. The molecule has 0 aromatic heterocycles. The van der Waals surface area contributed by atoms with E-state index in [0.29, 0.717) is 17.7 Å². The Morgan fingerprint density at radius 1 is 1.21 bits per heavy atom. The minimum absolute atomic E-state index is 0.192. The number of halogens is 2. The van der Waals surface area contributed by atoms with E-state index in [1.807, 2.05) is 20.8 Å². The molecule has 19 heavy (non-hydrogen) atoms. The molecule has 0 saturated carbocycles. The summed E-state index contributed by atoms with van der Waals surface area (Å²) in [5.74, 6) is -1.37. The monoisotopic (exact) mass is 271 g/mol. The van der Waals surface area contributed by atoms with Crippen LogP contribution in [0.5, 0.6) is 0 Å². The first kappa shape index (κ1) is 16.1. The van der Waals surface area contributed by atoms with Gasteiger partial charge in [-0.3, -0.25) is 0 Å². The number of nitrogens with one attached hydrogen (secondary N) is 1. The van der Waals surface area contributed by atoms with Crippen molar-refractivity contribution >= 4 is 0 Å². The molecule has 0 aliphatic carbocycles. The van der Waals surface area contributed by atoms with Crippen molar-refractivity contribution in [1.29, 1.82) is 0 Å². The van der Waals surface area contributed by atoms with Crippen LogP contribution in [0.25, 0.3) is 0 Å². The number of hydrogen-bond acceptors (Lipinski definition) is 2. The molecule has 0 radical (unpaired) electrons. The van der Waals surface area contributed by atoms with E-state index in [1.165, 1.54) is 0 Å². The molecule has 108 valence electrons. The van der Waals surface area contributed by atoms with E-state index < -0.39 is 11.6 Å². The van der Waals surface area contributed by atoms with Gasteiger partial charge in [-0.15, -0.1) is 0 Å². The van der Waals surface area contributed by atoms with Gasteiger partial charge in [-0.25, -0.2) is 8.78 Å². The molecule has 4 heteroatoms. The number of rotatable bonds is 6. The highest BCUT2D eigenvalue weighted by molar-refractivity contribution is 5.28. The number of ether oxygens (including phenoxy) is 1. The molecule has 0 bridgehead atoms. The molecule has 0 heterocycles. The van der Waals surface area contributed by atoms with Crippen molar-refractivity contribution in [1.82, 2.24) is 5.32 Å². The summed E-state index contributed by atoms with van der Waals surface area (Å²) in [6, 6.07) is 2.88. The molecular formula is C15H23F2NO. The first-order valence-corrected chi connectivity index (χ1v) is 6.64. The summed E-state index contributed by atoms with van der Waals surface area (Å²) in [7, 11) is 1.59. The second-order valence-corrected chi connectivity index (χ2v) is 5.08. The summed E-state index contributed by atoms with van der Waals surface area (Å²) in [6.45, 7) is 8.15. The molecule has 2 nitrogen and oxygen atoms in total. The standard InChI is InChI=1S/C15H23F2NO/c1-6-18-14(15(19-5)9(2)3)11-8-7-10(4)12(16)13(11)17/h7-9,14-15,18H,6H2,1-5H3. The molecule has 0 amide bonds. The van der Waals surface area contributed by atoms with Gasteiger partial charge in [0.1, 0.15) is 0 Å². The van der Waals surface area contributed by atoms with Gasteiger partial charge in [0.2, 0.25) is 0 Å². The molecular weight excluding hydrogens is 248 g/mol. The van der Waals surface area contributed by atoms with Gasteiger partial charge >= 0.3 is 0 Å². The number of methoxy groups -OCH3 is 1. The lowest BCUT2D eigenvalue weighted by molar-refractivity contribution is 0.0319. The average Bonchev–Trinajstić information content (AvgIpc) is 2.36. The summed E-state index contributed by atoms with van der Waals surface area (Å²) < 4.78 is 33.3. The summed E-state index contributed by atoms with van der Waals surface area (Å²) in [5.41, 5.74) is 0.639. The minimum atomic E-state index is -0.784. The Kier molecular flexibility index (Phi) is 5.88. The van der Waals surface area contributed by atoms with Crippen molar-refractivity contribution in [2.75, 3.05) is 13.7 Å². The maximum absolute atomic E-state index is 14.1. The van der Waals surface area contributed by atoms with E-state index in [9.17, 15) is 8.78 Å². The van der Waals surface area contributed by atoms with Gasteiger partial charge in [-0.05, 0) is 24.9 Å². The third-order valence-corrected chi connectivity index (χ3v) is 3.32. The van der Waals surface area contributed by atoms with Crippen LogP contribution < -0.4 is 5.32 Å². The highest BCUT2D eigenvalue weighted by Crippen LogP contribution is 2.28. The third-order valence-electron chi connectivity index (χ3n) is 3.32. The number of hydrogen-bond donors (Lipinski definition) is 1. The van der Waals surface area contributed by atoms with Crippen LogP contribution in [-0.4, -0.2) is 19.8 Å². The van der Waals surface area contributed by atoms with Crippen LogP contribution in [0.2, 0.25) is 0 Å². The molecule has 2 unspecified atom stereocenters. The lowest BCUT2D eigenvalue weighted by Crippen LogP contribution is -2.37. The van der Waals surface area contributed by atoms with Crippen LogP contribution in [0.15, 0.2) is 12.1 Å². The van der Waals surface area contributed by atoms with E-state index in [1.54, 1.807) is 26.2 Å². The van der Waals surface area contributed by atoms with Gasteiger partial charge in [0.25, 0.3) is 0 Å². The SMILES string of the molecule is CCNC(c1ccc(C)c(F)c1F)C(OC)C(C)C. The van der Waals surface area contributed by atoms with Crippen molar-refractivity contribution in [3.8, 4) is 0 Å². The average molecular weight is 271 g/mol. The topological polar surface area (TPSA) is 21.3 Å². The summed E-state index contributed by atoms with van der Waals surface area (Å²) in [5, 5.41) is 3.19. The maximum Gasteiger partial charge on any atom is 0.163 e. The predicted octanol–water partition coefficient (Wildman–Crippen LogP) is 3.59. The lowest BCUT2D eigenvalue weighted by atomic mass is 9.92. The molecule has 0 spiro atoms. The first-order chi connectivity index (χ1) is 8.93. The zero-order valence-electron chi connectivity index (χ0n) is 12.3. The van der Waals surface area contributed by atoms with Gasteiger partial charge in [-0.2, -0.15) is 0 Å². The highest BCUT2D eigenvalue weighted by Gasteiger charge is 2.28. The van der Waals surface area contributed by atoms with Crippen LogP contribution in [0.4, 0.5) is 8.78 Å². The quantitative estimate of drug-likeness (QED) is 0.853. The number of likely N-dealkylation sites (N-methyl/N-ethyl adjacent to an activating group) is 1. The normalized spacial score (nSPS) is 14.7. The Morgan fingerprint density at radius 2 is 1.84 bits per heavy atom. The van der Waals surface area contributed by atoms with Gasteiger partial charge < -0.3 is 10.1 Å². The third kappa shape index (κ3) is 3.51. The first-order valence-electron chi connectivity index (χ1n) is 6.64. The van der Waals surface area contributed by atoms with Crippen molar-refractivity contribution in [3.63, 3.8) is 0 Å². The molecule has 0 aliphatic heterocycles. The zero-order chi connectivity index (χ0) is 14.6. The van der Waals surface area contributed by atoms with Crippen molar-refractivity contribution in [3.05, 3.63) is 34.9 Å². The van der Waals surface area contributed by atoms with Crippen LogP contribution >= 0.6 is 0 Å². The second-order valence-electron chi connectivity index (χ2n) is 5.08. The molecule has 2 atom stereocenters. The maximum atomic E-state index is 14.1. The molecule has 1 N–H and O–H groups in total. The van der Waals surface area contributed by atoms with E-state index in [2.05, 4.69) is 5.32 Å². The summed E-state index contributed by atoms with van der Waals surface area (Å²) in [4.78, 5) is 0. The highest BCUT2D eigenvalue weighted by atomic mass is 19.2. The Hall–Kier alpha value is -1.00. The number of aryl methyl sites for hydroxylation is 1. The van der Waals surface area contributed by atoms with Crippen LogP contribution in [0, 0.1) is 24.5 Å². The summed E-state index contributed by atoms with van der Waals surface area (Å²) in [6.07, 6.45) is -0.212. The van der Waals surface area contributed by atoms with Crippen LogP contribution in [0.1, 0.15) is 37.9 Å². The largest absolute Gasteiger partial charge is 0.379 e. The molecule has 1 aromatic rings. The van der Waals surface area contributed by atoms with Gasteiger partial charge in [0.05, 0.1) is 12.1 Å². The fraction of sp³-hybridized carbons (Fsp3) is 0.600.